The summed E-state index contributed by atoms with van der Waals surface area (Å²) in [5.74, 6) is 5.38. The number of nitrogens with one attached hydrogen (secondary N) is 2. The van der Waals surface area contributed by atoms with Crippen molar-refractivity contribution in [3.63, 3.8) is 0 Å². The number of hydrogen-bond acceptors (Lipinski definition) is 7. The van der Waals surface area contributed by atoms with E-state index in [1.807, 2.05) is 12.3 Å². The van der Waals surface area contributed by atoms with Crippen molar-refractivity contribution in [2.45, 2.75) is 17.7 Å². The van der Waals surface area contributed by atoms with Crippen LogP contribution in [0.25, 0.3) is 0 Å². The Bertz CT molecular complexity index is 657. The fourth-order valence-corrected chi connectivity index (χ4v) is 3.54. The van der Waals surface area contributed by atoms with Gasteiger partial charge < -0.3 is 5.43 Å². The molecule has 0 fully saturated rings. The zero-order valence-corrected chi connectivity index (χ0v) is 12.4. The third-order valence-electron chi connectivity index (χ3n) is 2.65. The van der Waals surface area contributed by atoms with Gasteiger partial charge in [0, 0.05) is 30.2 Å². The summed E-state index contributed by atoms with van der Waals surface area (Å²) < 4.78 is 27.0. The number of thiazole rings is 1. The van der Waals surface area contributed by atoms with E-state index in [9.17, 15) is 8.42 Å². The van der Waals surface area contributed by atoms with Crippen molar-refractivity contribution < 1.29 is 8.42 Å². The first-order chi connectivity index (χ1) is 9.54. The second kappa shape index (κ2) is 6.27. The summed E-state index contributed by atoms with van der Waals surface area (Å²) in [4.78, 5) is 8.06. The van der Waals surface area contributed by atoms with Crippen LogP contribution in [-0.2, 0) is 10.0 Å². The maximum absolute atomic E-state index is 12.2. The lowest BCUT2D eigenvalue weighted by Crippen LogP contribution is -2.29. The van der Waals surface area contributed by atoms with Crippen LogP contribution < -0.4 is 16.0 Å². The minimum Gasteiger partial charge on any atom is -0.307 e. The molecule has 0 saturated heterocycles. The smallest absolute Gasteiger partial charge is 0.244 e. The number of sulfonamides is 1. The van der Waals surface area contributed by atoms with Crippen LogP contribution in [0.5, 0.6) is 0 Å². The first-order valence-electron chi connectivity index (χ1n) is 5.85. The highest BCUT2D eigenvalue weighted by Gasteiger charge is 2.20. The lowest BCUT2D eigenvalue weighted by Gasteiger charge is -2.12. The van der Waals surface area contributed by atoms with Gasteiger partial charge in [-0.25, -0.2) is 29.0 Å². The number of hydrogen-bond donors (Lipinski definition) is 3. The molecule has 1 atom stereocenters. The van der Waals surface area contributed by atoms with Gasteiger partial charge in [0.2, 0.25) is 10.0 Å². The van der Waals surface area contributed by atoms with Gasteiger partial charge in [-0.15, -0.1) is 11.3 Å². The second-order valence-corrected chi connectivity index (χ2v) is 6.78. The van der Waals surface area contributed by atoms with Crippen molar-refractivity contribution in [1.29, 1.82) is 0 Å². The molecule has 2 rings (SSSR count). The first-order valence-corrected chi connectivity index (χ1v) is 8.21. The molecule has 0 spiro atoms. The van der Waals surface area contributed by atoms with E-state index in [1.54, 1.807) is 12.3 Å². The number of nitrogens with zero attached hydrogens (tertiary/aromatic N) is 2. The monoisotopic (exact) mass is 313 g/mol. The Morgan fingerprint density at radius 2 is 2.20 bits per heavy atom. The molecule has 2 aromatic rings. The number of rotatable bonds is 6. The molecule has 0 amide bonds. The lowest BCUT2D eigenvalue weighted by atomic mass is 10.2. The van der Waals surface area contributed by atoms with Crippen LogP contribution in [0.2, 0.25) is 0 Å². The molecule has 108 valence electrons. The van der Waals surface area contributed by atoms with Crippen molar-refractivity contribution in [2.24, 2.45) is 5.84 Å². The van der Waals surface area contributed by atoms with E-state index in [0.29, 0.717) is 0 Å². The van der Waals surface area contributed by atoms with Crippen molar-refractivity contribution in [2.75, 3.05) is 12.0 Å². The zero-order chi connectivity index (χ0) is 14.6. The quantitative estimate of drug-likeness (QED) is 0.540. The van der Waals surface area contributed by atoms with E-state index in [1.165, 1.54) is 23.6 Å². The summed E-state index contributed by atoms with van der Waals surface area (Å²) in [5, 5.41) is 2.74. The standard InChI is InChI=1S/C11H15N5O2S2/c1-8(11-14-5-6-19-11)7-15-20(17,18)9-3-2-4-13-10(9)16-12/h2-6,8,15H,7,12H2,1H3,(H,13,16). The van der Waals surface area contributed by atoms with Gasteiger partial charge in [0.15, 0.2) is 5.82 Å². The van der Waals surface area contributed by atoms with Crippen molar-refractivity contribution >= 4 is 27.2 Å². The van der Waals surface area contributed by atoms with Gasteiger partial charge in [0.1, 0.15) is 4.90 Å². The highest BCUT2D eigenvalue weighted by atomic mass is 32.2. The third kappa shape index (κ3) is 3.31. The van der Waals surface area contributed by atoms with E-state index < -0.39 is 10.0 Å². The molecule has 1 unspecified atom stereocenters. The molecular formula is C11H15N5O2S2. The molecule has 20 heavy (non-hydrogen) atoms. The van der Waals surface area contributed by atoms with Crippen LogP contribution in [0.4, 0.5) is 5.82 Å². The minimum absolute atomic E-state index is 0.00395. The minimum atomic E-state index is -3.67. The van der Waals surface area contributed by atoms with Crippen molar-refractivity contribution in [3.05, 3.63) is 34.9 Å². The number of hydrazine groups is 1. The second-order valence-electron chi connectivity index (χ2n) is 4.12. The molecule has 7 nitrogen and oxygen atoms in total. The molecule has 0 aliphatic rings. The predicted molar refractivity (Wildman–Crippen MR) is 77.8 cm³/mol. The Hall–Kier alpha value is -1.55. The lowest BCUT2D eigenvalue weighted by molar-refractivity contribution is 0.574. The molecule has 4 N–H and O–H groups in total. The Morgan fingerprint density at radius 1 is 1.40 bits per heavy atom. The van der Waals surface area contributed by atoms with Crippen LogP contribution >= 0.6 is 11.3 Å². The summed E-state index contributed by atoms with van der Waals surface area (Å²) in [6, 6.07) is 2.98. The largest absolute Gasteiger partial charge is 0.307 e. The van der Waals surface area contributed by atoms with Crippen LogP contribution in [-0.4, -0.2) is 24.9 Å². The summed E-state index contributed by atoms with van der Waals surface area (Å²) in [7, 11) is -3.67. The van der Waals surface area contributed by atoms with Gasteiger partial charge in [0.25, 0.3) is 0 Å². The highest BCUT2D eigenvalue weighted by Crippen LogP contribution is 2.19. The Balaban J connectivity index is 2.12. The number of aromatic nitrogens is 2. The summed E-state index contributed by atoms with van der Waals surface area (Å²) in [6.45, 7) is 2.17. The molecule has 2 aromatic heterocycles. The normalized spacial score (nSPS) is 13.1. The molecule has 0 aliphatic carbocycles. The molecule has 9 heteroatoms. The Labute approximate surface area is 121 Å². The number of anilines is 1. The highest BCUT2D eigenvalue weighted by molar-refractivity contribution is 7.89. The molecular weight excluding hydrogens is 298 g/mol. The maximum Gasteiger partial charge on any atom is 0.244 e. The number of pyridine rings is 1. The summed E-state index contributed by atoms with van der Waals surface area (Å²) in [6.07, 6.45) is 3.16. The summed E-state index contributed by atoms with van der Waals surface area (Å²) in [5.41, 5.74) is 2.28. The van der Waals surface area contributed by atoms with Gasteiger partial charge >= 0.3 is 0 Å². The summed E-state index contributed by atoms with van der Waals surface area (Å²) >= 11 is 1.49. The van der Waals surface area contributed by atoms with Crippen molar-refractivity contribution in [1.82, 2.24) is 14.7 Å². The number of nitrogen functional groups attached to an aromatic ring is 1. The Morgan fingerprint density at radius 3 is 2.85 bits per heavy atom. The van der Waals surface area contributed by atoms with Crippen LogP contribution in [0.1, 0.15) is 17.8 Å². The topological polar surface area (TPSA) is 110 Å². The fourth-order valence-electron chi connectivity index (χ4n) is 1.59. The third-order valence-corrected chi connectivity index (χ3v) is 5.11. The number of nitrogens with two attached hydrogens (primary N) is 1. The van der Waals surface area contributed by atoms with Crippen LogP contribution in [0.15, 0.2) is 34.8 Å². The van der Waals surface area contributed by atoms with Crippen LogP contribution in [0.3, 0.4) is 0 Å². The van der Waals surface area contributed by atoms with Gasteiger partial charge in [0.05, 0.1) is 5.01 Å². The fraction of sp³-hybridized carbons (Fsp3) is 0.273. The average molecular weight is 313 g/mol. The van der Waals surface area contributed by atoms with Gasteiger partial charge in [-0.05, 0) is 12.1 Å². The Kier molecular flexibility index (Phi) is 4.65. The van der Waals surface area contributed by atoms with Gasteiger partial charge in [-0.2, -0.15) is 0 Å². The SMILES string of the molecule is CC(CNS(=O)(=O)c1cccnc1NN)c1nccs1. The molecule has 2 heterocycles. The van der Waals surface area contributed by atoms with E-state index in [0.717, 1.165) is 5.01 Å². The van der Waals surface area contributed by atoms with Gasteiger partial charge in [-0.1, -0.05) is 6.92 Å². The zero-order valence-electron chi connectivity index (χ0n) is 10.8. The maximum atomic E-state index is 12.2. The molecule has 0 radical (unpaired) electrons. The van der Waals surface area contributed by atoms with E-state index in [-0.39, 0.29) is 23.2 Å². The molecule has 0 saturated carbocycles. The molecule has 0 bridgehead atoms. The molecule has 0 aliphatic heterocycles. The predicted octanol–water partition coefficient (Wildman–Crippen LogP) is 0.906. The average Bonchev–Trinajstić information content (AvgIpc) is 2.99. The van der Waals surface area contributed by atoms with Crippen molar-refractivity contribution in [3.8, 4) is 0 Å². The van der Waals surface area contributed by atoms with E-state index >= 15 is 0 Å². The van der Waals surface area contributed by atoms with Gasteiger partial charge in [-0.3, -0.25) is 0 Å². The van der Waals surface area contributed by atoms with Crippen LogP contribution in [0, 0.1) is 0 Å². The first kappa shape index (κ1) is 14.9. The molecule has 0 aromatic carbocycles. The van der Waals surface area contributed by atoms with E-state index in [4.69, 9.17) is 5.84 Å². The van der Waals surface area contributed by atoms with E-state index in [2.05, 4.69) is 20.1 Å².